The van der Waals surface area contributed by atoms with E-state index < -0.39 is 0 Å². The van der Waals surface area contributed by atoms with Crippen molar-refractivity contribution < 1.29 is 9.53 Å². The van der Waals surface area contributed by atoms with Crippen LogP contribution in [-0.2, 0) is 9.53 Å². The van der Waals surface area contributed by atoms with Gasteiger partial charge in [-0.1, -0.05) is 25.7 Å². The van der Waals surface area contributed by atoms with Gasteiger partial charge in [0.05, 0.1) is 0 Å². The lowest BCUT2D eigenvalue weighted by Crippen LogP contribution is -1.93. The second-order valence-corrected chi connectivity index (χ2v) is 2.61. The highest BCUT2D eigenvalue weighted by atomic mass is 16.5. The van der Waals surface area contributed by atoms with E-state index in [1.165, 1.54) is 12.3 Å². The zero-order chi connectivity index (χ0) is 9.40. The zero-order valence-corrected chi connectivity index (χ0v) is 7.70. The van der Waals surface area contributed by atoms with Gasteiger partial charge in [0.1, 0.15) is 6.26 Å². The van der Waals surface area contributed by atoms with Crippen LogP contribution in [0.25, 0.3) is 0 Å². The summed E-state index contributed by atoms with van der Waals surface area (Å²) in [6, 6.07) is 0. The van der Waals surface area contributed by atoms with Gasteiger partial charge in [-0.15, -0.1) is 0 Å². The van der Waals surface area contributed by atoms with Crippen LogP contribution in [0.3, 0.4) is 0 Å². The Labute approximate surface area is 73.2 Å². The third-order valence-electron chi connectivity index (χ3n) is 1.03. The number of esters is 1. The van der Waals surface area contributed by atoms with E-state index in [0.29, 0.717) is 5.92 Å². The normalized spacial score (nSPS) is 9.67. The SMILES string of the molecule is CC=C=COC(=O)C=CC(C)C. The molecule has 0 atom stereocenters. The van der Waals surface area contributed by atoms with E-state index in [-0.39, 0.29) is 5.97 Å². The summed E-state index contributed by atoms with van der Waals surface area (Å²) in [5, 5.41) is 0. The summed E-state index contributed by atoms with van der Waals surface area (Å²) in [4.78, 5) is 10.8. The van der Waals surface area contributed by atoms with Gasteiger partial charge in [0.2, 0.25) is 0 Å². The molecule has 0 aromatic heterocycles. The Morgan fingerprint density at radius 3 is 2.67 bits per heavy atom. The Hall–Kier alpha value is -1.27. The Kier molecular flexibility index (Phi) is 5.76. The highest BCUT2D eigenvalue weighted by molar-refractivity contribution is 5.82. The minimum atomic E-state index is -0.363. The molecule has 0 rings (SSSR count). The van der Waals surface area contributed by atoms with Gasteiger partial charge in [0, 0.05) is 6.08 Å². The lowest BCUT2D eigenvalue weighted by atomic mass is 10.2. The number of carbonyl (C=O) groups is 1. The third-order valence-corrected chi connectivity index (χ3v) is 1.03. The Morgan fingerprint density at radius 2 is 2.17 bits per heavy atom. The number of allylic oxidation sites excluding steroid dienone is 2. The van der Waals surface area contributed by atoms with E-state index in [1.807, 2.05) is 13.8 Å². The minimum Gasteiger partial charge on any atom is -0.423 e. The van der Waals surface area contributed by atoms with Crippen LogP contribution in [0.4, 0.5) is 0 Å². The van der Waals surface area contributed by atoms with E-state index in [1.54, 1.807) is 19.1 Å². The monoisotopic (exact) mass is 166 g/mol. The van der Waals surface area contributed by atoms with Crippen LogP contribution in [0, 0.1) is 5.92 Å². The van der Waals surface area contributed by atoms with Crippen molar-refractivity contribution in [3.63, 3.8) is 0 Å². The lowest BCUT2D eigenvalue weighted by molar-refractivity contribution is -0.132. The molecule has 0 fully saturated rings. The molecule has 0 aliphatic rings. The molecule has 0 bridgehead atoms. The first-order chi connectivity index (χ1) is 5.66. The first-order valence-electron chi connectivity index (χ1n) is 3.91. The van der Waals surface area contributed by atoms with E-state index in [0.717, 1.165) is 0 Å². The third kappa shape index (κ3) is 6.84. The molecule has 0 aliphatic carbocycles. The van der Waals surface area contributed by atoms with Crippen molar-refractivity contribution in [3.8, 4) is 0 Å². The molecule has 0 N–H and O–H groups in total. The maximum absolute atomic E-state index is 10.8. The number of ether oxygens (including phenoxy) is 1. The standard InChI is InChI=1S/C10H14O2/c1-4-5-8-12-10(11)7-6-9(2)3/h4,6-9H,1-3H3. The molecule has 0 saturated heterocycles. The van der Waals surface area contributed by atoms with Crippen molar-refractivity contribution in [2.75, 3.05) is 0 Å². The van der Waals surface area contributed by atoms with E-state index in [2.05, 4.69) is 10.5 Å². The maximum Gasteiger partial charge on any atom is 0.335 e. The second-order valence-electron chi connectivity index (χ2n) is 2.61. The van der Waals surface area contributed by atoms with Gasteiger partial charge in [-0.25, -0.2) is 4.79 Å². The first kappa shape index (κ1) is 10.7. The molecule has 0 unspecified atom stereocenters. The van der Waals surface area contributed by atoms with Gasteiger partial charge >= 0.3 is 5.97 Å². The van der Waals surface area contributed by atoms with Crippen LogP contribution in [0.2, 0.25) is 0 Å². The molecular weight excluding hydrogens is 152 g/mol. The number of hydrogen-bond donors (Lipinski definition) is 0. The molecule has 0 spiro atoms. The van der Waals surface area contributed by atoms with Crippen LogP contribution < -0.4 is 0 Å². The lowest BCUT2D eigenvalue weighted by Gasteiger charge is -1.92. The summed E-state index contributed by atoms with van der Waals surface area (Å²) in [5.74, 6) is 0.00120. The molecule has 0 aromatic rings. The van der Waals surface area contributed by atoms with Gasteiger partial charge in [0.25, 0.3) is 0 Å². The zero-order valence-electron chi connectivity index (χ0n) is 7.70. The fraction of sp³-hybridized carbons (Fsp3) is 0.400. The fourth-order valence-corrected chi connectivity index (χ4v) is 0.470. The van der Waals surface area contributed by atoms with Crippen molar-refractivity contribution in [3.05, 3.63) is 30.2 Å². The molecule has 2 nitrogen and oxygen atoms in total. The molecule has 0 aromatic carbocycles. The Morgan fingerprint density at radius 1 is 1.50 bits per heavy atom. The highest BCUT2D eigenvalue weighted by Gasteiger charge is 1.92. The summed E-state index contributed by atoms with van der Waals surface area (Å²) >= 11 is 0. The van der Waals surface area contributed by atoms with Crippen molar-refractivity contribution in [2.45, 2.75) is 20.8 Å². The predicted octanol–water partition coefficient (Wildman–Crippen LogP) is 2.43. The summed E-state index contributed by atoms with van der Waals surface area (Å²) in [6.07, 6.45) is 6.11. The summed E-state index contributed by atoms with van der Waals surface area (Å²) in [5.41, 5.74) is 2.64. The number of hydrogen-bond acceptors (Lipinski definition) is 2. The maximum atomic E-state index is 10.8. The van der Waals surface area contributed by atoms with Crippen molar-refractivity contribution in [2.24, 2.45) is 5.92 Å². The van der Waals surface area contributed by atoms with Gasteiger partial charge in [-0.2, -0.15) is 0 Å². The largest absolute Gasteiger partial charge is 0.423 e. The molecule has 66 valence electrons. The number of rotatable bonds is 3. The fourth-order valence-electron chi connectivity index (χ4n) is 0.470. The highest BCUT2D eigenvalue weighted by Crippen LogP contribution is 1.93. The Bertz CT molecular complexity index is 218. The van der Waals surface area contributed by atoms with Crippen LogP contribution in [0.15, 0.2) is 30.2 Å². The van der Waals surface area contributed by atoms with Crippen LogP contribution in [0.5, 0.6) is 0 Å². The molecule has 0 amide bonds. The summed E-state index contributed by atoms with van der Waals surface area (Å²) in [7, 11) is 0. The van der Waals surface area contributed by atoms with Gasteiger partial charge in [-0.05, 0) is 18.9 Å². The van der Waals surface area contributed by atoms with Crippen molar-refractivity contribution in [1.82, 2.24) is 0 Å². The molecule has 0 radical (unpaired) electrons. The smallest absolute Gasteiger partial charge is 0.335 e. The number of carbonyl (C=O) groups excluding carboxylic acids is 1. The molecule has 0 aliphatic heterocycles. The molecule has 0 heterocycles. The average Bonchev–Trinajstić information content (AvgIpc) is 2.01. The quantitative estimate of drug-likeness (QED) is 0.278. The predicted molar refractivity (Wildman–Crippen MR) is 48.4 cm³/mol. The van der Waals surface area contributed by atoms with E-state index in [9.17, 15) is 4.79 Å². The minimum absolute atomic E-state index is 0.363. The average molecular weight is 166 g/mol. The van der Waals surface area contributed by atoms with Crippen LogP contribution in [0.1, 0.15) is 20.8 Å². The molecular formula is C10H14O2. The van der Waals surface area contributed by atoms with Gasteiger partial charge < -0.3 is 4.74 Å². The topological polar surface area (TPSA) is 26.3 Å². The molecule has 2 heteroatoms. The van der Waals surface area contributed by atoms with Gasteiger partial charge in [-0.3, -0.25) is 0 Å². The summed E-state index contributed by atoms with van der Waals surface area (Å²) in [6.45, 7) is 5.78. The molecule has 12 heavy (non-hydrogen) atoms. The van der Waals surface area contributed by atoms with E-state index in [4.69, 9.17) is 0 Å². The van der Waals surface area contributed by atoms with Crippen LogP contribution in [-0.4, -0.2) is 5.97 Å². The molecule has 0 saturated carbocycles. The second kappa shape index (κ2) is 6.44. The Balaban J connectivity index is 3.82. The first-order valence-corrected chi connectivity index (χ1v) is 3.91. The van der Waals surface area contributed by atoms with E-state index >= 15 is 0 Å². The van der Waals surface area contributed by atoms with Crippen molar-refractivity contribution in [1.29, 1.82) is 0 Å². The van der Waals surface area contributed by atoms with Crippen molar-refractivity contribution >= 4 is 5.97 Å². The van der Waals surface area contributed by atoms with Gasteiger partial charge in [0.15, 0.2) is 0 Å². The van der Waals surface area contributed by atoms with Crippen LogP contribution >= 0.6 is 0 Å². The summed E-state index contributed by atoms with van der Waals surface area (Å²) < 4.78 is 4.64.